The third-order valence-corrected chi connectivity index (χ3v) is 7.18. The number of sulfonamides is 1. The molecule has 0 aliphatic heterocycles. The van der Waals surface area contributed by atoms with Gasteiger partial charge in [0.1, 0.15) is 28.5 Å². The highest BCUT2D eigenvalue weighted by Crippen LogP contribution is 2.34. The quantitative estimate of drug-likeness (QED) is 0.441. The van der Waals surface area contributed by atoms with Crippen LogP contribution in [0.3, 0.4) is 0 Å². The van der Waals surface area contributed by atoms with Crippen LogP contribution in [0.4, 0.5) is 23.2 Å². The summed E-state index contributed by atoms with van der Waals surface area (Å²) in [7, 11) is -3.48. The van der Waals surface area contributed by atoms with E-state index in [1.54, 1.807) is 6.07 Å². The number of alkyl halides is 3. The summed E-state index contributed by atoms with van der Waals surface area (Å²) in [4.78, 5) is 12.1. The molecule has 1 heterocycles. The fourth-order valence-corrected chi connectivity index (χ4v) is 5.39. The number of carbonyl (C=O) groups excluding carboxylic acids is 1. The van der Waals surface area contributed by atoms with Crippen molar-refractivity contribution in [2.45, 2.75) is 24.0 Å². The first-order valence-electron chi connectivity index (χ1n) is 8.57. The molecule has 32 heavy (non-hydrogen) atoms. The minimum Gasteiger partial charge on any atom is -0.344 e. The average molecular weight is 535 g/mol. The number of nitrogens with zero attached hydrogens (tertiary/aromatic N) is 3. The lowest BCUT2D eigenvalue weighted by molar-refractivity contribution is -0.161. The zero-order valence-corrected chi connectivity index (χ0v) is 18.9. The lowest BCUT2D eigenvalue weighted by Gasteiger charge is -2.27. The van der Waals surface area contributed by atoms with Crippen molar-refractivity contribution in [3.8, 4) is 6.07 Å². The van der Waals surface area contributed by atoms with Gasteiger partial charge in [-0.1, -0.05) is 6.58 Å². The summed E-state index contributed by atoms with van der Waals surface area (Å²) in [5.74, 6) is -1.65. The standard InChI is InChI=1S/C19H15BrF4N4O3S/c1-4-7-28(11(2)19(22,23)24)32(30,31)15-10-27(3)17(16(15)20)18(29)26-13-5-6-14(21)12(8-13)9-25/h5-8,10-11H,1H2,2-3H3,(H,26,29)/t11-/m1/s1. The van der Waals surface area contributed by atoms with Gasteiger partial charge in [0, 0.05) is 18.9 Å². The van der Waals surface area contributed by atoms with Crippen LogP contribution < -0.4 is 5.32 Å². The number of hydrogen-bond acceptors (Lipinski definition) is 4. The van der Waals surface area contributed by atoms with Gasteiger partial charge in [0.15, 0.2) is 0 Å². The molecule has 2 aromatic rings. The van der Waals surface area contributed by atoms with Gasteiger partial charge in [-0.25, -0.2) is 12.8 Å². The maximum absolute atomic E-state index is 13.5. The molecule has 0 saturated heterocycles. The van der Waals surface area contributed by atoms with Crippen LogP contribution in [-0.2, 0) is 17.1 Å². The van der Waals surface area contributed by atoms with Crippen molar-refractivity contribution >= 4 is 37.5 Å². The summed E-state index contributed by atoms with van der Waals surface area (Å²) in [6, 6.07) is 2.39. The van der Waals surface area contributed by atoms with Crippen molar-refractivity contribution in [2.24, 2.45) is 7.05 Å². The molecule has 1 amide bonds. The van der Waals surface area contributed by atoms with E-state index in [0.717, 1.165) is 22.9 Å². The fraction of sp³-hybridized carbons (Fsp3) is 0.211. The second-order valence-corrected chi connectivity index (χ2v) is 9.02. The van der Waals surface area contributed by atoms with Gasteiger partial charge in [-0.3, -0.25) is 9.10 Å². The van der Waals surface area contributed by atoms with E-state index in [0.29, 0.717) is 13.1 Å². The normalized spacial score (nSPS) is 12.4. The molecule has 0 bridgehead atoms. The van der Waals surface area contributed by atoms with Gasteiger partial charge < -0.3 is 9.88 Å². The smallest absolute Gasteiger partial charge is 0.344 e. The van der Waals surface area contributed by atoms with Crippen molar-refractivity contribution in [3.05, 3.63) is 64.5 Å². The van der Waals surface area contributed by atoms with Gasteiger partial charge in [-0.15, -0.1) is 5.73 Å². The van der Waals surface area contributed by atoms with Crippen molar-refractivity contribution in [1.29, 1.82) is 5.26 Å². The molecule has 0 unspecified atom stereocenters. The Morgan fingerprint density at radius 2 is 2.03 bits per heavy atom. The Labute approximate surface area is 189 Å². The Kier molecular flexibility index (Phi) is 7.24. The van der Waals surface area contributed by atoms with Crippen molar-refractivity contribution in [2.75, 3.05) is 5.32 Å². The van der Waals surface area contributed by atoms with Gasteiger partial charge in [0.05, 0.1) is 16.2 Å². The molecule has 1 N–H and O–H groups in total. The first kappa shape index (κ1) is 25.2. The highest BCUT2D eigenvalue weighted by molar-refractivity contribution is 9.10. The lowest BCUT2D eigenvalue weighted by Crippen LogP contribution is -2.43. The summed E-state index contributed by atoms with van der Waals surface area (Å²) in [6.07, 6.45) is -3.37. The molecule has 0 radical (unpaired) electrons. The van der Waals surface area contributed by atoms with Gasteiger partial charge >= 0.3 is 6.18 Å². The van der Waals surface area contributed by atoms with E-state index in [2.05, 4.69) is 27.8 Å². The molecule has 1 atom stereocenters. The maximum Gasteiger partial charge on any atom is 0.409 e. The molecule has 1 aromatic carbocycles. The maximum atomic E-state index is 13.5. The highest BCUT2D eigenvalue weighted by atomic mass is 79.9. The molecule has 1 aromatic heterocycles. The predicted molar refractivity (Wildman–Crippen MR) is 110 cm³/mol. The SMILES string of the molecule is C=C=CN([C@H](C)C(F)(F)F)S(=O)(=O)c1cn(C)c(C(=O)Nc2ccc(F)c(C#N)c2)c1Br. The third-order valence-electron chi connectivity index (χ3n) is 4.28. The molecule has 13 heteroatoms. The Hall–Kier alpha value is -3.07. The first-order valence-corrected chi connectivity index (χ1v) is 10.8. The zero-order valence-electron chi connectivity index (χ0n) is 16.5. The van der Waals surface area contributed by atoms with Gasteiger partial charge in [0.2, 0.25) is 0 Å². The minimum absolute atomic E-state index is 0.0426. The number of amides is 1. The molecule has 0 spiro atoms. The molecular weight excluding hydrogens is 520 g/mol. The number of nitrogens with one attached hydrogen (secondary N) is 1. The predicted octanol–water partition coefficient (Wildman–Crippen LogP) is 4.29. The lowest BCUT2D eigenvalue weighted by atomic mass is 10.2. The van der Waals surface area contributed by atoms with Crippen molar-refractivity contribution in [3.63, 3.8) is 0 Å². The number of nitriles is 1. The van der Waals surface area contributed by atoms with Crippen LogP contribution >= 0.6 is 15.9 Å². The summed E-state index contributed by atoms with van der Waals surface area (Å²) in [5.41, 5.74) is 1.50. The Bertz CT molecular complexity index is 1260. The number of carbonyl (C=O) groups is 1. The molecule has 170 valence electrons. The molecule has 2 rings (SSSR count). The van der Waals surface area contributed by atoms with E-state index in [1.165, 1.54) is 13.1 Å². The number of anilines is 1. The van der Waals surface area contributed by atoms with E-state index < -0.39 is 38.9 Å². The van der Waals surface area contributed by atoms with Crippen LogP contribution in [0, 0.1) is 17.1 Å². The van der Waals surface area contributed by atoms with Crippen LogP contribution in [0.25, 0.3) is 0 Å². The van der Waals surface area contributed by atoms with Crippen molar-refractivity contribution < 1.29 is 30.8 Å². The molecular formula is C19H15BrF4N4O3S. The Balaban J connectivity index is 2.51. The first-order chi connectivity index (χ1) is 14.7. The van der Waals surface area contributed by atoms with Crippen LogP contribution in [-0.4, -0.2) is 35.4 Å². The molecule has 0 saturated carbocycles. The second kappa shape index (κ2) is 9.20. The minimum atomic E-state index is -4.89. The molecule has 0 aliphatic rings. The van der Waals surface area contributed by atoms with Crippen LogP contribution in [0.15, 0.2) is 52.3 Å². The van der Waals surface area contributed by atoms with Crippen LogP contribution in [0.5, 0.6) is 0 Å². The van der Waals surface area contributed by atoms with Gasteiger partial charge in [0.25, 0.3) is 15.9 Å². The number of hydrogen-bond donors (Lipinski definition) is 1. The van der Waals surface area contributed by atoms with E-state index in [1.807, 2.05) is 5.73 Å². The molecule has 7 nitrogen and oxygen atoms in total. The van der Waals surface area contributed by atoms with E-state index in [4.69, 9.17) is 5.26 Å². The summed E-state index contributed by atoms with van der Waals surface area (Å²) in [5, 5.41) is 11.3. The number of aromatic nitrogens is 1. The number of benzene rings is 1. The number of rotatable bonds is 6. The molecule has 0 fully saturated rings. The average Bonchev–Trinajstić information content (AvgIpc) is 3.01. The number of aryl methyl sites for hydroxylation is 1. The van der Waals surface area contributed by atoms with Crippen LogP contribution in [0.2, 0.25) is 0 Å². The molecule has 0 aliphatic carbocycles. The van der Waals surface area contributed by atoms with Crippen molar-refractivity contribution in [1.82, 2.24) is 8.87 Å². The second-order valence-electron chi connectivity index (χ2n) is 6.41. The highest BCUT2D eigenvalue weighted by Gasteiger charge is 2.45. The van der Waals surface area contributed by atoms with E-state index >= 15 is 0 Å². The zero-order chi connectivity index (χ0) is 24.4. The van der Waals surface area contributed by atoms with Gasteiger partial charge in [-0.2, -0.15) is 18.4 Å². The van der Waals surface area contributed by atoms with Crippen LogP contribution in [0.1, 0.15) is 23.0 Å². The Morgan fingerprint density at radius 3 is 2.56 bits per heavy atom. The monoisotopic (exact) mass is 534 g/mol. The number of halogens is 5. The van der Waals surface area contributed by atoms with Gasteiger partial charge in [-0.05, 0) is 41.1 Å². The summed E-state index contributed by atoms with van der Waals surface area (Å²) < 4.78 is 79.9. The van der Waals surface area contributed by atoms with E-state index in [-0.39, 0.29) is 25.7 Å². The van der Waals surface area contributed by atoms with E-state index in [9.17, 15) is 30.8 Å². The fourth-order valence-electron chi connectivity index (χ4n) is 2.62. The summed E-state index contributed by atoms with van der Waals surface area (Å²) >= 11 is 2.98. The topological polar surface area (TPSA) is 95.2 Å². The summed E-state index contributed by atoms with van der Waals surface area (Å²) in [6.45, 7) is 3.78. The third kappa shape index (κ3) is 4.88. The largest absolute Gasteiger partial charge is 0.409 e. The Morgan fingerprint density at radius 1 is 1.41 bits per heavy atom.